The second kappa shape index (κ2) is 8.61. The number of hydrogen-bond donors (Lipinski definition) is 1. The molecule has 2 heterocycles. The Kier molecular flexibility index (Phi) is 6.17. The first-order valence-corrected chi connectivity index (χ1v) is 9.66. The molecule has 0 spiro atoms. The smallest absolute Gasteiger partial charge is 0.331 e. The molecule has 1 aromatic carbocycles. The Bertz CT molecular complexity index is 1010. The highest BCUT2D eigenvalue weighted by Crippen LogP contribution is 2.24. The van der Waals surface area contributed by atoms with Crippen LogP contribution in [0.15, 0.2) is 24.3 Å². The molecule has 152 valence electrons. The number of carbonyl (C=O) groups is 3. The summed E-state index contributed by atoms with van der Waals surface area (Å²) in [6.07, 6.45) is 3.01. The number of aromatic nitrogens is 2. The van der Waals surface area contributed by atoms with Crippen molar-refractivity contribution in [2.24, 2.45) is 5.92 Å². The number of nitrogens with zero attached hydrogens (tertiary/aromatic N) is 2. The Morgan fingerprint density at radius 3 is 2.86 bits per heavy atom. The van der Waals surface area contributed by atoms with E-state index < -0.39 is 5.97 Å². The van der Waals surface area contributed by atoms with Crippen molar-refractivity contribution in [1.82, 2.24) is 9.78 Å². The first-order valence-electron chi connectivity index (χ1n) is 9.28. The number of fused-ring (bicyclic) bond motifs is 1. The second-order valence-corrected chi connectivity index (χ2v) is 7.68. The molecule has 2 aromatic rings. The fraction of sp³-hybridized carbons (Fsp3) is 0.333. The zero-order valence-corrected chi connectivity index (χ0v) is 17.2. The highest BCUT2D eigenvalue weighted by Gasteiger charge is 2.19. The van der Waals surface area contributed by atoms with Crippen LogP contribution in [-0.2, 0) is 27.3 Å². The van der Waals surface area contributed by atoms with Gasteiger partial charge in [0, 0.05) is 29.4 Å². The van der Waals surface area contributed by atoms with E-state index in [9.17, 15) is 14.4 Å². The molecule has 1 N–H and O–H groups in total. The Labute approximate surface area is 173 Å². The average molecular weight is 416 g/mol. The molecule has 1 aliphatic heterocycles. The van der Waals surface area contributed by atoms with Gasteiger partial charge in [0.25, 0.3) is 0 Å². The van der Waals surface area contributed by atoms with Crippen molar-refractivity contribution in [2.75, 3.05) is 11.9 Å². The number of carbonyl (C=O) groups excluding carboxylic acids is 3. The Morgan fingerprint density at radius 1 is 1.38 bits per heavy atom. The normalized spacial score (nSPS) is 13.1. The summed E-state index contributed by atoms with van der Waals surface area (Å²) in [5.41, 5.74) is 3.21. The van der Waals surface area contributed by atoms with Crippen LogP contribution in [0.1, 0.15) is 41.0 Å². The van der Waals surface area contributed by atoms with Gasteiger partial charge in [-0.3, -0.25) is 14.3 Å². The van der Waals surface area contributed by atoms with Crippen molar-refractivity contribution < 1.29 is 19.1 Å². The Morgan fingerprint density at radius 2 is 2.14 bits per heavy atom. The van der Waals surface area contributed by atoms with E-state index in [0.717, 1.165) is 5.56 Å². The minimum atomic E-state index is -0.650. The van der Waals surface area contributed by atoms with Crippen molar-refractivity contribution in [2.45, 2.75) is 33.7 Å². The third-order valence-corrected chi connectivity index (χ3v) is 4.83. The molecule has 0 radical (unpaired) electrons. The number of ketones is 1. The standard InChI is InChI=1S/C21H22ClN3O4/c1-12(2)10-25-21(22)16(13(3)24-25)5-7-20(28)29-11-18(26)14-4-6-17-15(8-14)9-19(27)23-17/h4-8,12H,9-11H2,1-3H3,(H,23,27)/b7-5+. The van der Waals surface area contributed by atoms with E-state index in [1.54, 1.807) is 29.0 Å². The molecule has 0 saturated carbocycles. The van der Waals surface area contributed by atoms with Crippen molar-refractivity contribution in [1.29, 1.82) is 0 Å². The molecule has 0 aliphatic carbocycles. The summed E-state index contributed by atoms with van der Waals surface area (Å²) >= 11 is 6.34. The summed E-state index contributed by atoms with van der Waals surface area (Å²) in [7, 11) is 0. The predicted molar refractivity (Wildman–Crippen MR) is 110 cm³/mol. The minimum Gasteiger partial charge on any atom is -0.454 e. The van der Waals surface area contributed by atoms with Gasteiger partial charge in [-0.1, -0.05) is 25.4 Å². The van der Waals surface area contributed by atoms with Crippen molar-refractivity contribution >= 4 is 41.0 Å². The molecule has 0 saturated heterocycles. The van der Waals surface area contributed by atoms with Crippen LogP contribution >= 0.6 is 11.6 Å². The number of benzene rings is 1. The van der Waals surface area contributed by atoms with E-state index in [1.807, 2.05) is 6.92 Å². The maximum Gasteiger partial charge on any atom is 0.331 e. The largest absolute Gasteiger partial charge is 0.454 e. The number of amides is 1. The van der Waals surface area contributed by atoms with Crippen LogP contribution in [-0.4, -0.2) is 34.0 Å². The topological polar surface area (TPSA) is 90.3 Å². The van der Waals surface area contributed by atoms with Crippen LogP contribution < -0.4 is 5.32 Å². The van der Waals surface area contributed by atoms with E-state index in [-0.39, 0.29) is 24.7 Å². The van der Waals surface area contributed by atoms with Gasteiger partial charge in [0.2, 0.25) is 5.91 Å². The van der Waals surface area contributed by atoms with E-state index in [2.05, 4.69) is 24.3 Å². The zero-order chi connectivity index (χ0) is 21.1. The average Bonchev–Trinajstić information content (AvgIpc) is 3.15. The van der Waals surface area contributed by atoms with Gasteiger partial charge in [0.15, 0.2) is 12.4 Å². The number of nitrogens with one attached hydrogen (secondary N) is 1. The third-order valence-electron chi connectivity index (χ3n) is 4.43. The summed E-state index contributed by atoms with van der Waals surface area (Å²) in [6, 6.07) is 4.92. The molecule has 7 nitrogen and oxygen atoms in total. The van der Waals surface area contributed by atoms with E-state index in [0.29, 0.717) is 40.1 Å². The SMILES string of the molecule is Cc1nn(CC(C)C)c(Cl)c1/C=C/C(=O)OCC(=O)c1ccc2c(c1)CC(=O)N2. The molecule has 3 rings (SSSR count). The summed E-state index contributed by atoms with van der Waals surface area (Å²) in [6.45, 7) is 6.22. The fourth-order valence-electron chi connectivity index (χ4n) is 3.05. The molecule has 29 heavy (non-hydrogen) atoms. The van der Waals surface area contributed by atoms with Crippen LogP contribution in [0.4, 0.5) is 5.69 Å². The molecule has 0 bridgehead atoms. The van der Waals surface area contributed by atoms with Gasteiger partial charge in [0.05, 0.1) is 12.1 Å². The van der Waals surface area contributed by atoms with Gasteiger partial charge in [-0.2, -0.15) is 5.10 Å². The highest BCUT2D eigenvalue weighted by atomic mass is 35.5. The van der Waals surface area contributed by atoms with Crippen LogP contribution in [0.2, 0.25) is 5.15 Å². The monoisotopic (exact) mass is 415 g/mol. The zero-order valence-electron chi connectivity index (χ0n) is 16.5. The lowest BCUT2D eigenvalue weighted by molar-refractivity contribution is -0.136. The third kappa shape index (κ3) is 4.92. The molecule has 1 aliphatic rings. The van der Waals surface area contributed by atoms with Gasteiger partial charge in [-0.05, 0) is 42.7 Å². The number of esters is 1. The van der Waals surface area contributed by atoms with E-state index in [1.165, 1.54) is 6.08 Å². The number of hydrogen-bond acceptors (Lipinski definition) is 5. The summed E-state index contributed by atoms with van der Waals surface area (Å²) in [5, 5.41) is 7.53. The van der Waals surface area contributed by atoms with Gasteiger partial charge in [0.1, 0.15) is 5.15 Å². The molecule has 8 heteroatoms. The first kappa shape index (κ1) is 20.8. The summed E-state index contributed by atoms with van der Waals surface area (Å²) < 4.78 is 6.74. The van der Waals surface area contributed by atoms with Crippen LogP contribution in [0.5, 0.6) is 0 Å². The number of ether oxygens (including phenoxy) is 1. The van der Waals surface area contributed by atoms with E-state index in [4.69, 9.17) is 16.3 Å². The minimum absolute atomic E-state index is 0.105. The maximum absolute atomic E-state index is 12.3. The lowest BCUT2D eigenvalue weighted by Gasteiger charge is -2.05. The summed E-state index contributed by atoms with van der Waals surface area (Å²) in [4.78, 5) is 35.7. The van der Waals surface area contributed by atoms with Gasteiger partial charge >= 0.3 is 5.97 Å². The van der Waals surface area contributed by atoms with Crippen LogP contribution in [0.25, 0.3) is 6.08 Å². The lowest BCUT2D eigenvalue weighted by atomic mass is 10.1. The number of Topliss-reactive ketones (excluding diaryl/α,β-unsaturated/α-hetero) is 1. The summed E-state index contributed by atoms with van der Waals surface area (Å²) in [5.74, 6) is -0.712. The number of rotatable bonds is 7. The molecule has 0 fully saturated rings. The van der Waals surface area contributed by atoms with E-state index >= 15 is 0 Å². The maximum atomic E-state index is 12.3. The van der Waals surface area contributed by atoms with Crippen molar-refractivity contribution in [3.8, 4) is 0 Å². The number of anilines is 1. The Hall–Kier alpha value is -2.93. The molecule has 0 unspecified atom stereocenters. The number of aryl methyl sites for hydroxylation is 1. The predicted octanol–water partition coefficient (Wildman–Crippen LogP) is 3.43. The second-order valence-electron chi connectivity index (χ2n) is 7.33. The highest BCUT2D eigenvalue weighted by molar-refractivity contribution is 6.31. The van der Waals surface area contributed by atoms with Crippen molar-refractivity contribution in [3.05, 3.63) is 51.8 Å². The molecule has 0 atom stereocenters. The van der Waals surface area contributed by atoms with Gasteiger partial charge in [-0.15, -0.1) is 0 Å². The first-order chi connectivity index (χ1) is 13.7. The molecule has 1 aromatic heterocycles. The lowest BCUT2D eigenvalue weighted by Crippen LogP contribution is -2.12. The number of halogens is 1. The quantitative estimate of drug-likeness (QED) is 0.425. The molecular weight excluding hydrogens is 394 g/mol. The van der Waals surface area contributed by atoms with Crippen LogP contribution in [0, 0.1) is 12.8 Å². The molecular formula is C21H22ClN3O4. The fourth-order valence-corrected chi connectivity index (χ4v) is 3.35. The van der Waals surface area contributed by atoms with Gasteiger partial charge < -0.3 is 10.1 Å². The van der Waals surface area contributed by atoms with Crippen LogP contribution in [0.3, 0.4) is 0 Å². The molecule has 1 amide bonds. The van der Waals surface area contributed by atoms with Crippen molar-refractivity contribution in [3.63, 3.8) is 0 Å². The Balaban J connectivity index is 1.59. The van der Waals surface area contributed by atoms with Gasteiger partial charge in [-0.25, -0.2) is 4.79 Å².